The van der Waals surface area contributed by atoms with Gasteiger partial charge in [-0.15, -0.1) is 0 Å². The summed E-state index contributed by atoms with van der Waals surface area (Å²) < 4.78 is 10.6. The molecule has 1 rings (SSSR count). The zero-order valence-corrected chi connectivity index (χ0v) is 15.8. The fourth-order valence-corrected chi connectivity index (χ4v) is 2.00. The van der Waals surface area contributed by atoms with E-state index in [9.17, 15) is 9.59 Å². The molecule has 1 amide bonds. The molecule has 0 spiro atoms. The van der Waals surface area contributed by atoms with Crippen molar-refractivity contribution in [2.75, 3.05) is 11.5 Å². The van der Waals surface area contributed by atoms with Crippen LogP contribution >= 0.6 is 0 Å². The first-order valence-electron chi connectivity index (χ1n) is 8.13. The third-order valence-corrected chi connectivity index (χ3v) is 2.97. The Kier molecular flexibility index (Phi) is 6.29. The van der Waals surface area contributed by atoms with E-state index in [1.807, 2.05) is 0 Å². The Balaban J connectivity index is 2.95. The molecule has 5 N–H and O–H groups in total. The molecular formula is C18H29N3O4. The minimum Gasteiger partial charge on any atom is -0.458 e. The molecule has 0 saturated heterocycles. The number of amides is 1. The molecular weight excluding hydrogens is 322 g/mol. The molecule has 0 aromatic heterocycles. The fourth-order valence-electron chi connectivity index (χ4n) is 2.00. The van der Waals surface area contributed by atoms with E-state index in [0.717, 1.165) is 5.56 Å². The van der Waals surface area contributed by atoms with Crippen LogP contribution in [0, 0.1) is 0 Å². The lowest BCUT2D eigenvalue weighted by Crippen LogP contribution is -2.47. The summed E-state index contributed by atoms with van der Waals surface area (Å²) in [4.78, 5) is 24.5. The van der Waals surface area contributed by atoms with E-state index >= 15 is 0 Å². The lowest BCUT2D eigenvalue weighted by molar-refractivity contribution is -0.157. The Morgan fingerprint density at radius 1 is 1.00 bits per heavy atom. The van der Waals surface area contributed by atoms with Crippen molar-refractivity contribution in [1.82, 2.24) is 5.32 Å². The Labute approximate surface area is 149 Å². The number of nitrogens with two attached hydrogens (primary N) is 2. The molecule has 25 heavy (non-hydrogen) atoms. The quantitative estimate of drug-likeness (QED) is 0.567. The third-order valence-electron chi connectivity index (χ3n) is 2.97. The van der Waals surface area contributed by atoms with E-state index in [1.54, 1.807) is 59.7 Å². The van der Waals surface area contributed by atoms with Crippen molar-refractivity contribution in [1.29, 1.82) is 0 Å². The zero-order valence-electron chi connectivity index (χ0n) is 15.8. The van der Waals surface area contributed by atoms with Gasteiger partial charge in [-0.3, -0.25) is 0 Å². The molecule has 0 aliphatic carbocycles. The van der Waals surface area contributed by atoms with Crippen LogP contribution in [0.2, 0.25) is 0 Å². The summed E-state index contributed by atoms with van der Waals surface area (Å²) >= 11 is 0. The van der Waals surface area contributed by atoms with Gasteiger partial charge in [-0.1, -0.05) is 6.07 Å². The number of hydrogen-bond donors (Lipinski definition) is 3. The number of rotatable bonds is 4. The van der Waals surface area contributed by atoms with Gasteiger partial charge in [-0.05, 0) is 59.2 Å². The minimum absolute atomic E-state index is 0.207. The molecule has 0 aliphatic heterocycles. The van der Waals surface area contributed by atoms with Gasteiger partial charge in [0.2, 0.25) is 0 Å². The van der Waals surface area contributed by atoms with Crippen molar-refractivity contribution in [3.8, 4) is 0 Å². The summed E-state index contributed by atoms with van der Waals surface area (Å²) in [5.74, 6) is -0.547. The molecule has 7 heteroatoms. The molecule has 7 nitrogen and oxygen atoms in total. The number of esters is 1. The van der Waals surface area contributed by atoms with Gasteiger partial charge in [-0.2, -0.15) is 0 Å². The number of nitrogen functional groups attached to an aromatic ring is 2. The lowest BCUT2D eigenvalue weighted by Gasteiger charge is -2.26. The summed E-state index contributed by atoms with van der Waals surface area (Å²) in [5, 5.41) is 2.57. The maximum Gasteiger partial charge on any atom is 0.408 e. The van der Waals surface area contributed by atoms with Gasteiger partial charge in [-0.25, -0.2) is 9.59 Å². The summed E-state index contributed by atoms with van der Waals surface area (Å²) in [6.45, 7) is 10.5. The predicted molar refractivity (Wildman–Crippen MR) is 98.0 cm³/mol. The third kappa shape index (κ3) is 7.78. The maximum atomic E-state index is 12.5. The van der Waals surface area contributed by atoms with Crippen LogP contribution in [0.3, 0.4) is 0 Å². The van der Waals surface area contributed by atoms with E-state index < -0.39 is 29.3 Å². The lowest BCUT2D eigenvalue weighted by atomic mass is 10.0. The number of anilines is 2. The summed E-state index contributed by atoms with van der Waals surface area (Å²) in [6.07, 6.45) is -0.481. The molecule has 0 heterocycles. The monoisotopic (exact) mass is 351 g/mol. The molecule has 1 aromatic rings. The van der Waals surface area contributed by atoms with Gasteiger partial charge in [0, 0.05) is 6.42 Å². The van der Waals surface area contributed by atoms with Crippen molar-refractivity contribution in [3.05, 3.63) is 23.8 Å². The zero-order chi connectivity index (χ0) is 19.4. The number of carbonyl (C=O) groups excluding carboxylic acids is 2. The fraction of sp³-hybridized carbons (Fsp3) is 0.556. The Hall–Kier alpha value is -2.44. The van der Waals surface area contributed by atoms with Crippen LogP contribution in [0.5, 0.6) is 0 Å². The molecule has 0 bridgehead atoms. The summed E-state index contributed by atoms with van der Waals surface area (Å²) in [7, 11) is 0. The normalized spacial score (nSPS) is 13.0. The summed E-state index contributed by atoms with van der Waals surface area (Å²) in [6, 6.07) is 4.17. The van der Waals surface area contributed by atoms with Crippen LogP contribution in [0.15, 0.2) is 18.2 Å². The molecule has 0 aliphatic rings. The van der Waals surface area contributed by atoms with Gasteiger partial charge in [0.15, 0.2) is 0 Å². The minimum atomic E-state index is -0.905. The van der Waals surface area contributed by atoms with Gasteiger partial charge in [0.1, 0.15) is 17.2 Å². The van der Waals surface area contributed by atoms with E-state index in [1.165, 1.54) is 0 Å². The maximum absolute atomic E-state index is 12.5. The first-order valence-corrected chi connectivity index (χ1v) is 8.13. The number of benzene rings is 1. The van der Waals surface area contributed by atoms with Crippen molar-refractivity contribution in [3.63, 3.8) is 0 Å². The van der Waals surface area contributed by atoms with E-state index in [-0.39, 0.29) is 6.42 Å². The number of alkyl carbamates (subject to hydrolysis) is 1. The van der Waals surface area contributed by atoms with Crippen LogP contribution in [0.25, 0.3) is 0 Å². The Morgan fingerprint density at radius 3 is 2.04 bits per heavy atom. The smallest absolute Gasteiger partial charge is 0.408 e. The largest absolute Gasteiger partial charge is 0.458 e. The van der Waals surface area contributed by atoms with Crippen LogP contribution in [-0.4, -0.2) is 29.3 Å². The van der Waals surface area contributed by atoms with Crippen LogP contribution in [0.1, 0.15) is 47.1 Å². The molecule has 0 saturated carbocycles. The first-order chi connectivity index (χ1) is 11.3. The van der Waals surface area contributed by atoms with Crippen molar-refractivity contribution in [2.24, 2.45) is 0 Å². The van der Waals surface area contributed by atoms with Gasteiger partial charge in [0.05, 0.1) is 11.4 Å². The van der Waals surface area contributed by atoms with Crippen molar-refractivity contribution >= 4 is 23.4 Å². The molecule has 0 radical (unpaired) electrons. The van der Waals surface area contributed by atoms with Crippen molar-refractivity contribution < 1.29 is 19.1 Å². The number of ether oxygens (including phenoxy) is 2. The standard InChI is InChI=1S/C18H29N3O4/c1-17(2,3)24-15(22)14(21-16(23)25-18(4,5)6)10-11-7-8-12(19)13(20)9-11/h7-9,14H,10,19-20H2,1-6H3,(H,21,23). The molecule has 0 fully saturated rings. The first kappa shape index (κ1) is 20.6. The van der Waals surface area contributed by atoms with Gasteiger partial charge in [0.25, 0.3) is 0 Å². The SMILES string of the molecule is CC(C)(C)OC(=O)NC(Cc1ccc(N)c(N)c1)C(=O)OC(C)(C)C. The van der Waals surface area contributed by atoms with E-state index in [0.29, 0.717) is 11.4 Å². The predicted octanol–water partition coefficient (Wildman–Crippen LogP) is 2.63. The van der Waals surface area contributed by atoms with Crippen LogP contribution < -0.4 is 16.8 Å². The van der Waals surface area contributed by atoms with E-state index in [2.05, 4.69) is 5.32 Å². The molecule has 140 valence electrons. The number of carbonyl (C=O) groups is 2. The highest BCUT2D eigenvalue weighted by Crippen LogP contribution is 2.18. The van der Waals surface area contributed by atoms with E-state index in [4.69, 9.17) is 20.9 Å². The number of nitrogens with one attached hydrogen (secondary N) is 1. The topological polar surface area (TPSA) is 117 Å². The molecule has 1 unspecified atom stereocenters. The average Bonchev–Trinajstić information content (AvgIpc) is 2.38. The van der Waals surface area contributed by atoms with Crippen molar-refractivity contribution in [2.45, 2.75) is 65.2 Å². The second kappa shape index (κ2) is 7.63. The average molecular weight is 351 g/mol. The van der Waals surface area contributed by atoms with Crippen LogP contribution in [-0.2, 0) is 20.7 Å². The number of hydrogen-bond acceptors (Lipinski definition) is 6. The second-order valence-corrected chi connectivity index (χ2v) is 7.90. The Morgan fingerprint density at radius 2 is 1.56 bits per heavy atom. The molecule has 1 atom stereocenters. The summed E-state index contributed by atoms with van der Waals surface area (Å²) in [5.41, 5.74) is 11.8. The second-order valence-electron chi connectivity index (χ2n) is 7.90. The molecule has 1 aromatic carbocycles. The van der Waals surface area contributed by atoms with Crippen LogP contribution in [0.4, 0.5) is 16.2 Å². The highest BCUT2D eigenvalue weighted by atomic mass is 16.6. The highest BCUT2D eigenvalue weighted by molar-refractivity contribution is 5.82. The van der Waals surface area contributed by atoms with Gasteiger partial charge >= 0.3 is 12.1 Å². The Bertz CT molecular complexity index is 630. The highest BCUT2D eigenvalue weighted by Gasteiger charge is 2.29. The van der Waals surface area contributed by atoms with Gasteiger partial charge < -0.3 is 26.3 Å².